The molecule has 2 aromatic rings. The van der Waals surface area contributed by atoms with Crippen LogP contribution in [-0.2, 0) is 6.54 Å². The van der Waals surface area contributed by atoms with Crippen molar-refractivity contribution in [2.24, 2.45) is 0 Å². The Bertz CT molecular complexity index is 415. The van der Waals surface area contributed by atoms with E-state index in [2.05, 4.69) is 40.7 Å². The van der Waals surface area contributed by atoms with E-state index in [1.54, 1.807) is 0 Å². The van der Waals surface area contributed by atoms with E-state index in [0.29, 0.717) is 0 Å². The number of aryl methyl sites for hydroxylation is 1. The van der Waals surface area contributed by atoms with Crippen LogP contribution >= 0.6 is 0 Å². The molecular formula is C12H14N2. The zero-order valence-electron chi connectivity index (χ0n) is 8.57. The van der Waals surface area contributed by atoms with Gasteiger partial charge >= 0.3 is 0 Å². The van der Waals surface area contributed by atoms with Crippen molar-refractivity contribution in [1.82, 2.24) is 9.55 Å². The first-order valence-corrected chi connectivity index (χ1v) is 4.90. The molecule has 0 spiro atoms. The van der Waals surface area contributed by atoms with Gasteiger partial charge in [-0.15, -0.1) is 0 Å². The molecule has 0 saturated heterocycles. The summed E-state index contributed by atoms with van der Waals surface area (Å²) in [7, 11) is 0. The Morgan fingerprint density at radius 3 is 2.57 bits per heavy atom. The lowest BCUT2D eigenvalue weighted by Gasteiger charge is -2.06. The molecule has 2 heteroatoms. The van der Waals surface area contributed by atoms with Gasteiger partial charge < -0.3 is 4.57 Å². The van der Waals surface area contributed by atoms with Gasteiger partial charge in [-0.05, 0) is 19.4 Å². The summed E-state index contributed by atoms with van der Waals surface area (Å²) >= 11 is 0. The molecule has 0 bridgehead atoms. The van der Waals surface area contributed by atoms with Gasteiger partial charge in [0, 0.05) is 6.54 Å². The first-order valence-electron chi connectivity index (χ1n) is 4.90. The third-order valence-corrected chi connectivity index (χ3v) is 2.44. The number of nitrogens with zero attached hydrogens (tertiary/aromatic N) is 2. The van der Waals surface area contributed by atoms with Crippen LogP contribution < -0.4 is 0 Å². The summed E-state index contributed by atoms with van der Waals surface area (Å²) in [4.78, 5) is 4.33. The Kier molecular flexibility index (Phi) is 2.35. The molecular weight excluding hydrogens is 172 g/mol. The number of imidazole rings is 1. The van der Waals surface area contributed by atoms with Crippen LogP contribution in [0.25, 0.3) is 11.3 Å². The summed E-state index contributed by atoms with van der Waals surface area (Å²) in [6, 6.07) is 10.4. The molecule has 1 aromatic heterocycles. The van der Waals surface area contributed by atoms with Gasteiger partial charge in [0.1, 0.15) is 5.82 Å². The van der Waals surface area contributed by atoms with E-state index < -0.39 is 0 Å². The van der Waals surface area contributed by atoms with E-state index in [-0.39, 0.29) is 0 Å². The summed E-state index contributed by atoms with van der Waals surface area (Å²) in [6.45, 7) is 5.15. The predicted octanol–water partition coefficient (Wildman–Crippen LogP) is 2.88. The third kappa shape index (κ3) is 1.43. The molecule has 0 aliphatic carbocycles. The van der Waals surface area contributed by atoms with Crippen LogP contribution in [0, 0.1) is 6.92 Å². The topological polar surface area (TPSA) is 17.8 Å². The van der Waals surface area contributed by atoms with Crippen LogP contribution in [0.5, 0.6) is 0 Å². The van der Waals surface area contributed by atoms with Gasteiger partial charge in [0.2, 0.25) is 0 Å². The Labute approximate surface area is 84.2 Å². The second-order valence-corrected chi connectivity index (χ2v) is 3.30. The van der Waals surface area contributed by atoms with E-state index in [0.717, 1.165) is 12.4 Å². The van der Waals surface area contributed by atoms with Crippen molar-refractivity contribution >= 4 is 0 Å². The highest BCUT2D eigenvalue weighted by Crippen LogP contribution is 2.19. The maximum Gasteiger partial charge on any atom is 0.105 e. The molecule has 0 aliphatic heterocycles. The van der Waals surface area contributed by atoms with Crippen LogP contribution in [0.15, 0.2) is 36.5 Å². The summed E-state index contributed by atoms with van der Waals surface area (Å²) in [5.74, 6) is 1.08. The average molecular weight is 186 g/mol. The number of benzene rings is 1. The van der Waals surface area contributed by atoms with Crippen molar-refractivity contribution in [1.29, 1.82) is 0 Å². The Morgan fingerprint density at radius 1 is 1.21 bits per heavy atom. The Morgan fingerprint density at radius 2 is 1.93 bits per heavy atom. The molecule has 1 aromatic carbocycles. The molecule has 0 saturated carbocycles. The fourth-order valence-corrected chi connectivity index (χ4v) is 1.71. The van der Waals surface area contributed by atoms with E-state index in [9.17, 15) is 0 Å². The molecule has 0 radical (unpaired) electrons. The van der Waals surface area contributed by atoms with Crippen molar-refractivity contribution in [2.75, 3.05) is 0 Å². The van der Waals surface area contributed by atoms with Gasteiger partial charge in [-0.1, -0.05) is 30.3 Å². The molecule has 14 heavy (non-hydrogen) atoms. The SMILES string of the molecule is CCn1c(-c2ccccc2)cnc1C. The van der Waals surface area contributed by atoms with Gasteiger partial charge in [0.15, 0.2) is 0 Å². The fraction of sp³-hybridized carbons (Fsp3) is 0.250. The monoisotopic (exact) mass is 186 g/mol. The minimum absolute atomic E-state index is 0.968. The smallest absolute Gasteiger partial charge is 0.105 e. The van der Waals surface area contributed by atoms with Crippen LogP contribution in [0.1, 0.15) is 12.7 Å². The zero-order valence-corrected chi connectivity index (χ0v) is 8.57. The van der Waals surface area contributed by atoms with E-state index >= 15 is 0 Å². The lowest BCUT2D eigenvalue weighted by atomic mass is 10.2. The van der Waals surface area contributed by atoms with Crippen molar-refractivity contribution in [2.45, 2.75) is 20.4 Å². The summed E-state index contributed by atoms with van der Waals surface area (Å²) in [5, 5.41) is 0. The summed E-state index contributed by atoms with van der Waals surface area (Å²) in [5.41, 5.74) is 2.43. The van der Waals surface area contributed by atoms with E-state index in [4.69, 9.17) is 0 Å². The van der Waals surface area contributed by atoms with E-state index in [1.165, 1.54) is 11.3 Å². The van der Waals surface area contributed by atoms with Crippen molar-refractivity contribution in [3.05, 3.63) is 42.4 Å². The highest BCUT2D eigenvalue weighted by Gasteiger charge is 2.05. The van der Waals surface area contributed by atoms with Gasteiger partial charge in [0.25, 0.3) is 0 Å². The zero-order chi connectivity index (χ0) is 9.97. The fourth-order valence-electron chi connectivity index (χ4n) is 1.71. The van der Waals surface area contributed by atoms with Crippen molar-refractivity contribution in [3.8, 4) is 11.3 Å². The minimum Gasteiger partial charge on any atom is -0.329 e. The molecule has 0 aliphatic rings. The molecule has 2 nitrogen and oxygen atoms in total. The lowest BCUT2D eigenvalue weighted by Crippen LogP contribution is -1.99. The Balaban J connectivity index is 2.52. The number of aromatic nitrogens is 2. The Hall–Kier alpha value is -1.57. The van der Waals surface area contributed by atoms with Gasteiger partial charge in [-0.2, -0.15) is 0 Å². The molecule has 2 rings (SSSR count). The van der Waals surface area contributed by atoms with Gasteiger partial charge in [0.05, 0.1) is 11.9 Å². The van der Waals surface area contributed by atoms with Crippen LogP contribution in [-0.4, -0.2) is 9.55 Å². The molecule has 72 valence electrons. The second kappa shape index (κ2) is 3.66. The maximum atomic E-state index is 4.33. The third-order valence-electron chi connectivity index (χ3n) is 2.44. The van der Waals surface area contributed by atoms with Gasteiger partial charge in [-0.3, -0.25) is 0 Å². The highest BCUT2D eigenvalue weighted by molar-refractivity contribution is 5.59. The summed E-state index contributed by atoms with van der Waals surface area (Å²) in [6.07, 6.45) is 1.94. The number of hydrogen-bond acceptors (Lipinski definition) is 1. The first kappa shape index (κ1) is 9.00. The standard InChI is InChI=1S/C12H14N2/c1-3-14-10(2)13-9-12(14)11-7-5-4-6-8-11/h4-9H,3H2,1-2H3. The average Bonchev–Trinajstić information content (AvgIpc) is 2.61. The second-order valence-electron chi connectivity index (χ2n) is 3.30. The maximum absolute atomic E-state index is 4.33. The van der Waals surface area contributed by atoms with Gasteiger partial charge in [-0.25, -0.2) is 4.98 Å². The minimum atomic E-state index is 0.968. The molecule has 1 heterocycles. The quantitative estimate of drug-likeness (QED) is 0.705. The van der Waals surface area contributed by atoms with Crippen molar-refractivity contribution < 1.29 is 0 Å². The van der Waals surface area contributed by atoms with Crippen LogP contribution in [0.4, 0.5) is 0 Å². The summed E-state index contributed by atoms with van der Waals surface area (Å²) < 4.78 is 2.22. The first-order chi connectivity index (χ1) is 6.83. The molecule has 0 atom stereocenters. The number of hydrogen-bond donors (Lipinski definition) is 0. The van der Waals surface area contributed by atoms with Crippen LogP contribution in [0.2, 0.25) is 0 Å². The normalized spacial score (nSPS) is 10.4. The number of rotatable bonds is 2. The molecule has 0 unspecified atom stereocenters. The lowest BCUT2D eigenvalue weighted by molar-refractivity contribution is 0.737. The van der Waals surface area contributed by atoms with Crippen LogP contribution in [0.3, 0.4) is 0 Å². The van der Waals surface area contributed by atoms with Crippen molar-refractivity contribution in [3.63, 3.8) is 0 Å². The predicted molar refractivity (Wildman–Crippen MR) is 58.1 cm³/mol. The van der Waals surface area contributed by atoms with E-state index in [1.807, 2.05) is 19.2 Å². The molecule has 0 amide bonds. The highest BCUT2D eigenvalue weighted by atomic mass is 15.1. The molecule has 0 fully saturated rings. The largest absolute Gasteiger partial charge is 0.329 e. The molecule has 0 N–H and O–H groups in total.